The van der Waals surface area contributed by atoms with Gasteiger partial charge in [0.1, 0.15) is 5.75 Å². The van der Waals surface area contributed by atoms with Crippen LogP contribution in [0.2, 0.25) is 0 Å². The van der Waals surface area contributed by atoms with E-state index >= 15 is 0 Å². The summed E-state index contributed by atoms with van der Waals surface area (Å²) in [4.78, 5) is 18.7. The molecule has 1 heterocycles. The van der Waals surface area contributed by atoms with Gasteiger partial charge in [0.25, 0.3) is 0 Å². The largest absolute Gasteiger partial charge is 0.497 e. The summed E-state index contributed by atoms with van der Waals surface area (Å²) in [5, 5.41) is 7.02. The Morgan fingerprint density at radius 1 is 1.14 bits per heavy atom. The van der Waals surface area contributed by atoms with Crippen molar-refractivity contribution in [3.05, 3.63) is 59.0 Å². The summed E-state index contributed by atoms with van der Waals surface area (Å²) in [6.45, 7) is 6.64. The van der Waals surface area contributed by atoms with Crippen LogP contribution in [-0.2, 0) is 11.3 Å². The zero-order valence-corrected chi connectivity index (χ0v) is 17.4. The molecule has 0 aliphatic rings. The molecule has 0 atom stereocenters. The number of likely N-dealkylation sites (N-methyl/N-ethyl adjacent to an activating group) is 1. The molecular formula is C22H26N4O3. The smallest absolute Gasteiger partial charge is 0.241 e. The minimum absolute atomic E-state index is 0.0857. The standard InChI is InChI=1S/C22H26N4O3/c1-14-10-15(2)21(16(3)11-14)23-19(27)12-26(4)13-20-24-22(25-29-20)17-6-8-18(28-5)9-7-17/h6-11H,12-13H2,1-5H3,(H,23,27). The van der Waals surface area contributed by atoms with Gasteiger partial charge < -0.3 is 14.6 Å². The van der Waals surface area contributed by atoms with Gasteiger partial charge in [-0.3, -0.25) is 9.69 Å². The van der Waals surface area contributed by atoms with E-state index in [0.717, 1.165) is 28.1 Å². The first-order valence-corrected chi connectivity index (χ1v) is 9.39. The Hall–Kier alpha value is -3.19. The normalized spacial score (nSPS) is 11.0. The van der Waals surface area contributed by atoms with Crippen LogP contribution >= 0.6 is 0 Å². The Morgan fingerprint density at radius 3 is 2.41 bits per heavy atom. The molecule has 0 aliphatic heterocycles. The lowest BCUT2D eigenvalue weighted by Gasteiger charge is -2.16. The molecule has 0 unspecified atom stereocenters. The number of nitrogens with one attached hydrogen (secondary N) is 1. The average Bonchev–Trinajstić information content (AvgIpc) is 3.13. The second-order valence-corrected chi connectivity index (χ2v) is 7.23. The van der Waals surface area contributed by atoms with Gasteiger partial charge in [0, 0.05) is 11.3 Å². The molecule has 152 valence electrons. The molecule has 1 N–H and O–H groups in total. The van der Waals surface area contributed by atoms with Gasteiger partial charge in [0.05, 0.1) is 20.2 Å². The van der Waals surface area contributed by atoms with Crippen LogP contribution in [0.3, 0.4) is 0 Å². The number of aryl methyl sites for hydroxylation is 3. The number of ether oxygens (including phenoxy) is 1. The number of nitrogens with zero attached hydrogens (tertiary/aromatic N) is 3. The first kappa shape index (κ1) is 20.5. The lowest BCUT2D eigenvalue weighted by molar-refractivity contribution is -0.117. The topological polar surface area (TPSA) is 80.5 Å². The van der Waals surface area contributed by atoms with Crippen LogP contribution in [0.1, 0.15) is 22.6 Å². The van der Waals surface area contributed by atoms with E-state index in [1.54, 1.807) is 7.11 Å². The van der Waals surface area contributed by atoms with Crippen molar-refractivity contribution in [1.82, 2.24) is 15.0 Å². The number of benzene rings is 2. The fraction of sp³-hybridized carbons (Fsp3) is 0.318. The second-order valence-electron chi connectivity index (χ2n) is 7.23. The Kier molecular flexibility index (Phi) is 6.29. The van der Waals surface area contributed by atoms with Gasteiger partial charge in [-0.15, -0.1) is 0 Å². The molecule has 1 aromatic heterocycles. The minimum Gasteiger partial charge on any atom is -0.497 e. The van der Waals surface area contributed by atoms with Gasteiger partial charge in [-0.25, -0.2) is 0 Å². The SMILES string of the molecule is COc1ccc(-c2noc(CN(C)CC(=O)Nc3c(C)cc(C)cc3C)n2)cc1. The number of carbonyl (C=O) groups is 1. The second kappa shape index (κ2) is 8.87. The number of hydrogen-bond acceptors (Lipinski definition) is 6. The van der Waals surface area contributed by atoms with Crippen molar-refractivity contribution in [3.63, 3.8) is 0 Å². The first-order chi connectivity index (χ1) is 13.9. The summed E-state index contributed by atoms with van der Waals surface area (Å²) in [7, 11) is 3.46. The van der Waals surface area contributed by atoms with Crippen LogP contribution in [0, 0.1) is 20.8 Å². The number of amides is 1. The summed E-state index contributed by atoms with van der Waals surface area (Å²) in [5.41, 5.74) is 5.00. The molecule has 3 aromatic rings. The summed E-state index contributed by atoms with van der Waals surface area (Å²) >= 11 is 0. The number of methoxy groups -OCH3 is 1. The average molecular weight is 394 g/mol. The maximum Gasteiger partial charge on any atom is 0.241 e. The van der Waals surface area contributed by atoms with Crippen molar-refractivity contribution in [3.8, 4) is 17.1 Å². The maximum atomic E-state index is 12.5. The van der Waals surface area contributed by atoms with Crippen LogP contribution < -0.4 is 10.1 Å². The molecule has 0 bridgehead atoms. The van der Waals surface area contributed by atoms with E-state index in [1.165, 1.54) is 5.56 Å². The highest BCUT2D eigenvalue weighted by Gasteiger charge is 2.14. The molecule has 0 saturated heterocycles. The molecule has 0 radical (unpaired) electrons. The number of carbonyl (C=O) groups excluding carboxylic acids is 1. The monoisotopic (exact) mass is 394 g/mol. The van der Waals surface area contributed by atoms with Crippen LogP contribution in [0.4, 0.5) is 5.69 Å². The molecule has 29 heavy (non-hydrogen) atoms. The van der Waals surface area contributed by atoms with Crippen LogP contribution in [0.5, 0.6) is 5.75 Å². The van der Waals surface area contributed by atoms with E-state index < -0.39 is 0 Å². The number of anilines is 1. The van der Waals surface area contributed by atoms with E-state index in [1.807, 2.05) is 57.0 Å². The molecule has 0 spiro atoms. The molecule has 1 amide bonds. The zero-order valence-electron chi connectivity index (χ0n) is 17.4. The molecule has 2 aromatic carbocycles. The lowest BCUT2D eigenvalue weighted by atomic mass is 10.1. The highest BCUT2D eigenvalue weighted by atomic mass is 16.5. The number of aromatic nitrogens is 2. The Morgan fingerprint density at radius 2 is 1.79 bits per heavy atom. The van der Waals surface area contributed by atoms with E-state index in [0.29, 0.717) is 18.3 Å². The highest BCUT2D eigenvalue weighted by molar-refractivity contribution is 5.93. The molecule has 7 nitrogen and oxygen atoms in total. The van der Waals surface area contributed by atoms with E-state index in [2.05, 4.69) is 27.6 Å². The van der Waals surface area contributed by atoms with Gasteiger partial charge in [0.2, 0.25) is 17.6 Å². The Labute approximate surface area is 170 Å². The van der Waals surface area contributed by atoms with Crippen molar-refractivity contribution in [2.24, 2.45) is 0 Å². The summed E-state index contributed by atoms with van der Waals surface area (Å²) in [6, 6.07) is 11.6. The Balaban J connectivity index is 1.59. The molecule has 7 heteroatoms. The van der Waals surface area contributed by atoms with Crippen LogP contribution in [0.25, 0.3) is 11.4 Å². The van der Waals surface area contributed by atoms with Crippen LogP contribution in [-0.4, -0.2) is 41.6 Å². The van der Waals surface area contributed by atoms with Crippen molar-refractivity contribution in [2.75, 3.05) is 26.0 Å². The third-order valence-electron chi connectivity index (χ3n) is 4.58. The number of hydrogen-bond donors (Lipinski definition) is 1. The Bertz CT molecular complexity index is 973. The molecule has 0 fully saturated rings. The van der Waals surface area contributed by atoms with Crippen molar-refractivity contribution >= 4 is 11.6 Å². The fourth-order valence-corrected chi connectivity index (χ4v) is 3.26. The van der Waals surface area contributed by atoms with Crippen molar-refractivity contribution in [1.29, 1.82) is 0 Å². The lowest BCUT2D eigenvalue weighted by Crippen LogP contribution is -2.30. The van der Waals surface area contributed by atoms with Gasteiger partial charge in [0.15, 0.2) is 0 Å². The number of rotatable bonds is 7. The summed E-state index contributed by atoms with van der Waals surface area (Å²) in [6.07, 6.45) is 0. The first-order valence-electron chi connectivity index (χ1n) is 9.39. The minimum atomic E-state index is -0.0857. The van der Waals surface area contributed by atoms with Crippen molar-refractivity contribution in [2.45, 2.75) is 27.3 Å². The van der Waals surface area contributed by atoms with E-state index in [4.69, 9.17) is 9.26 Å². The molecular weight excluding hydrogens is 368 g/mol. The third kappa shape index (κ3) is 5.20. The maximum absolute atomic E-state index is 12.5. The van der Waals surface area contributed by atoms with Gasteiger partial charge >= 0.3 is 0 Å². The van der Waals surface area contributed by atoms with E-state index in [9.17, 15) is 4.79 Å². The molecule has 0 aliphatic carbocycles. The van der Waals surface area contributed by atoms with Gasteiger partial charge in [-0.2, -0.15) is 4.98 Å². The van der Waals surface area contributed by atoms with Gasteiger partial charge in [-0.05, 0) is 63.2 Å². The highest BCUT2D eigenvalue weighted by Crippen LogP contribution is 2.22. The summed E-state index contributed by atoms with van der Waals surface area (Å²) < 4.78 is 10.5. The van der Waals surface area contributed by atoms with Crippen molar-refractivity contribution < 1.29 is 14.1 Å². The third-order valence-corrected chi connectivity index (χ3v) is 4.58. The quantitative estimate of drug-likeness (QED) is 0.657. The fourth-order valence-electron chi connectivity index (χ4n) is 3.26. The predicted molar refractivity (Wildman–Crippen MR) is 112 cm³/mol. The summed E-state index contributed by atoms with van der Waals surface area (Å²) in [5.74, 6) is 1.64. The van der Waals surface area contributed by atoms with E-state index in [-0.39, 0.29) is 12.5 Å². The molecule has 0 saturated carbocycles. The zero-order chi connectivity index (χ0) is 21.0. The van der Waals surface area contributed by atoms with Gasteiger partial charge in [-0.1, -0.05) is 22.9 Å². The predicted octanol–water partition coefficient (Wildman–Crippen LogP) is 3.74. The molecule has 3 rings (SSSR count). The van der Waals surface area contributed by atoms with Crippen LogP contribution in [0.15, 0.2) is 40.9 Å².